The van der Waals surface area contributed by atoms with Gasteiger partial charge in [0.15, 0.2) is 0 Å². The van der Waals surface area contributed by atoms with E-state index in [1.165, 1.54) is 0 Å². The van der Waals surface area contributed by atoms with E-state index >= 15 is 0 Å². The van der Waals surface area contributed by atoms with E-state index in [4.69, 9.17) is 0 Å². The lowest BCUT2D eigenvalue weighted by molar-refractivity contribution is -0.116. The number of carbonyl (C=O) groups excluding carboxylic acids is 1. The van der Waals surface area contributed by atoms with Crippen molar-refractivity contribution in [3.8, 4) is 0 Å². The first kappa shape index (κ1) is 11.1. The number of amides is 1. The molecule has 4 nitrogen and oxygen atoms in total. The molecule has 86 valence electrons. The Morgan fingerprint density at radius 3 is 2.75 bits per heavy atom. The summed E-state index contributed by atoms with van der Waals surface area (Å²) in [4.78, 5) is 11.2. The highest BCUT2D eigenvalue weighted by atomic mass is 16.3. The molecule has 0 saturated heterocycles. The smallest absolute Gasteiger partial charge is 0.224 e. The number of nitrogens with one attached hydrogen (secondary N) is 1. The Kier molecular flexibility index (Phi) is 2.94. The summed E-state index contributed by atoms with van der Waals surface area (Å²) in [6.45, 7) is 1.55. The lowest BCUT2D eigenvalue weighted by Crippen LogP contribution is -2.20. The van der Waals surface area contributed by atoms with Crippen molar-refractivity contribution in [3.05, 3.63) is 29.3 Å². The topological polar surface area (TPSA) is 69.6 Å². The average Bonchev–Trinajstić information content (AvgIpc) is 2.27. The number of aliphatic hydroxyl groups is 2. The first-order chi connectivity index (χ1) is 7.58. The number of aliphatic hydroxyl groups excluding tert-OH is 2. The van der Waals surface area contributed by atoms with Crippen molar-refractivity contribution < 1.29 is 15.0 Å². The van der Waals surface area contributed by atoms with Crippen LogP contribution in [0.3, 0.4) is 0 Å². The molecule has 0 aromatic heterocycles. The fourth-order valence-corrected chi connectivity index (χ4v) is 1.87. The van der Waals surface area contributed by atoms with Crippen LogP contribution in [0.4, 0.5) is 5.69 Å². The number of carbonyl (C=O) groups is 1. The highest BCUT2D eigenvalue weighted by Gasteiger charge is 2.18. The van der Waals surface area contributed by atoms with E-state index in [0.29, 0.717) is 18.4 Å². The van der Waals surface area contributed by atoms with Crippen molar-refractivity contribution in [1.82, 2.24) is 0 Å². The minimum absolute atomic E-state index is 0.0244. The van der Waals surface area contributed by atoms with Crippen LogP contribution in [-0.4, -0.2) is 22.2 Å². The van der Waals surface area contributed by atoms with Crippen LogP contribution < -0.4 is 5.32 Å². The second-order valence-corrected chi connectivity index (χ2v) is 4.15. The normalized spacial score (nSPS) is 18.6. The standard InChI is InChI=1S/C12H15NO3/c1-7(14)12(16)9-2-4-10-8(6-9)3-5-11(15)13-10/h2,4,6-7,12,14,16H,3,5H2,1H3,(H,13,15). The van der Waals surface area contributed by atoms with Crippen LogP contribution in [0.15, 0.2) is 18.2 Å². The fraction of sp³-hybridized carbons (Fsp3) is 0.417. The molecule has 1 aromatic carbocycles. The highest BCUT2D eigenvalue weighted by molar-refractivity contribution is 5.93. The van der Waals surface area contributed by atoms with E-state index in [1.54, 1.807) is 19.1 Å². The number of benzene rings is 1. The maximum absolute atomic E-state index is 11.2. The fourth-order valence-electron chi connectivity index (χ4n) is 1.87. The number of anilines is 1. The number of fused-ring (bicyclic) bond motifs is 1. The van der Waals surface area contributed by atoms with E-state index in [0.717, 1.165) is 11.3 Å². The summed E-state index contributed by atoms with van der Waals surface area (Å²) >= 11 is 0. The van der Waals surface area contributed by atoms with Gasteiger partial charge in [-0.2, -0.15) is 0 Å². The molecule has 2 unspecified atom stereocenters. The van der Waals surface area contributed by atoms with Gasteiger partial charge in [-0.25, -0.2) is 0 Å². The van der Waals surface area contributed by atoms with E-state index in [1.807, 2.05) is 6.07 Å². The Balaban J connectivity index is 2.29. The van der Waals surface area contributed by atoms with Gasteiger partial charge in [-0.3, -0.25) is 4.79 Å². The van der Waals surface area contributed by atoms with Crippen molar-refractivity contribution in [2.45, 2.75) is 32.0 Å². The third kappa shape index (κ3) is 2.08. The molecular weight excluding hydrogens is 206 g/mol. The zero-order chi connectivity index (χ0) is 11.7. The van der Waals surface area contributed by atoms with E-state index in [9.17, 15) is 15.0 Å². The van der Waals surface area contributed by atoms with Crippen molar-refractivity contribution >= 4 is 11.6 Å². The maximum atomic E-state index is 11.2. The molecule has 0 fully saturated rings. The van der Waals surface area contributed by atoms with Gasteiger partial charge in [-0.05, 0) is 30.5 Å². The van der Waals surface area contributed by atoms with E-state index < -0.39 is 12.2 Å². The van der Waals surface area contributed by atoms with Gasteiger partial charge < -0.3 is 15.5 Å². The second kappa shape index (κ2) is 4.23. The molecule has 0 bridgehead atoms. The van der Waals surface area contributed by atoms with Gasteiger partial charge in [0.25, 0.3) is 0 Å². The minimum Gasteiger partial charge on any atom is -0.390 e. The molecule has 0 saturated carbocycles. The molecule has 1 aromatic rings. The Morgan fingerprint density at radius 1 is 1.31 bits per heavy atom. The molecule has 2 atom stereocenters. The van der Waals surface area contributed by atoms with Gasteiger partial charge in [-0.15, -0.1) is 0 Å². The zero-order valence-electron chi connectivity index (χ0n) is 9.10. The Labute approximate surface area is 93.9 Å². The van der Waals surface area contributed by atoms with Crippen LogP contribution >= 0.6 is 0 Å². The number of rotatable bonds is 2. The molecule has 1 aliphatic rings. The van der Waals surface area contributed by atoms with E-state index in [-0.39, 0.29) is 5.91 Å². The largest absolute Gasteiger partial charge is 0.390 e. The molecule has 0 aliphatic carbocycles. The highest BCUT2D eigenvalue weighted by Crippen LogP contribution is 2.27. The van der Waals surface area contributed by atoms with Gasteiger partial charge in [0.2, 0.25) is 5.91 Å². The van der Waals surface area contributed by atoms with Crippen LogP contribution in [0.25, 0.3) is 0 Å². The summed E-state index contributed by atoms with van der Waals surface area (Å²) in [5.74, 6) is 0.0244. The van der Waals surface area contributed by atoms with E-state index in [2.05, 4.69) is 5.32 Å². The Morgan fingerprint density at radius 2 is 2.06 bits per heavy atom. The molecule has 4 heteroatoms. The van der Waals surface area contributed by atoms with Crippen LogP contribution in [0.1, 0.15) is 30.6 Å². The van der Waals surface area contributed by atoms with Crippen molar-refractivity contribution in [1.29, 1.82) is 0 Å². The average molecular weight is 221 g/mol. The zero-order valence-corrected chi connectivity index (χ0v) is 9.10. The summed E-state index contributed by atoms with van der Waals surface area (Å²) in [5, 5.41) is 21.8. The van der Waals surface area contributed by atoms with Gasteiger partial charge >= 0.3 is 0 Å². The molecule has 0 spiro atoms. The number of hydrogen-bond donors (Lipinski definition) is 3. The van der Waals surface area contributed by atoms with Crippen LogP contribution in [0, 0.1) is 0 Å². The van der Waals surface area contributed by atoms with Crippen LogP contribution in [-0.2, 0) is 11.2 Å². The first-order valence-electron chi connectivity index (χ1n) is 5.37. The second-order valence-electron chi connectivity index (χ2n) is 4.15. The molecule has 0 radical (unpaired) electrons. The monoisotopic (exact) mass is 221 g/mol. The minimum atomic E-state index is -0.872. The maximum Gasteiger partial charge on any atom is 0.224 e. The van der Waals surface area contributed by atoms with Gasteiger partial charge in [0.1, 0.15) is 6.10 Å². The quantitative estimate of drug-likeness (QED) is 0.697. The van der Waals surface area contributed by atoms with Gasteiger partial charge in [0.05, 0.1) is 6.10 Å². The summed E-state index contributed by atoms with van der Waals surface area (Å²) in [7, 11) is 0. The summed E-state index contributed by atoms with van der Waals surface area (Å²) in [6, 6.07) is 5.33. The lowest BCUT2D eigenvalue weighted by Gasteiger charge is -2.20. The van der Waals surface area contributed by atoms with Crippen LogP contribution in [0.2, 0.25) is 0 Å². The third-order valence-electron chi connectivity index (χ3n) is 2.82. The SMILES string of the molecule is CC(O)C(O)c1ccc2c(c1)CCC(=O)N2. The van der Waals surface area contributed by atoms with Crippen molar-refractivity contribution in [2.24, 2.45) is 0 Å². The predicted molar refractivity (Wildman–Crippen MR) is 60.0 cm³/mol. The molecule has 16 heavy (non-hydrogen) atoms. The van der Waals surface area contributed by atoms with Crippen molar-refractivity contribution in [3.63, 3.8) is 0 Å². The number of hydrogen-bond acceptors (Lipinski definition) is 3. The van der Waals surface area contributed by atoms with Gasteiger partial charge in [0, 0.05) is 12.1 Å². The molecule has 2 rings (SSSR count). The van der Waals surface area contributed by atoms with Crippen LogP contribution in [0.5, 0.6) is 0 Å². The molecule has 1 aliphatic heterocycles. The molecular formula is C12H15NO3. The predicted octanol–water partition coefficient (Wildman–Crippen LogP) is 0.986. The molecule has 1 amide bonds. The summed E-state index contributed by atoms with van der Waals surface area (Å²) in [6.07, 6.45) is -0.512. The molecule has 1 heterocycles. The van der Waals surface area contributed by atoms with Gasteiger partial charge in [-0.1, -0.05) is 12.1 Å². The first-order valence-corrected chi connectivity index (χ1v) is 5.37. The Bertz CT molecular complexity index is 415. The lowest BCUT2D eigenvalue weighted by atomic mass is 9.97. The summed E-state index contributed by atoms with van der Waals surface area (Å²) in [5.41, 5.74) is 2.50. The third-order valence-corrected chi connectivity index (χ3v) is 2.82. The summed E-state index contributed by atoms with van der Waals surface area (Å²) < 4.78 is 0. The van der Waals surface area contributed by atoms with Crippen molar-refractivity contribution in [2.75, 3.05) is 5.32 Å². The number of aryl methyl sites for hydroxylation is 1. The molecule has 3 N–H and O–H groups in total. The Hall–Kier alpha value is -1.39.